The van der Waals surface area contributed by atoms with Crippen molar-refractivity contribution in [3.63, 3.8) is 0 Å². The van der Waals surface area contributed by atoms with E-state index in [0.717, 1.165) is 23.3 Å². The summed E-state index contributed by atoms with van der Waals surface area (Å²) in [6.07, 6.45) is 0. The van der Waals surface area contributed by atoms with Gasteiger partial charge in [-0.15, -0.1) is 0 Å². The molecule has 168 valence electrons. The maximum atomic E-state index is 12.7. The molecule has 0 fully saturated rings. The summed E-state index contributed by atoms with van der Waals surface area (Å²) >= 11 is 0. The lowest BCUT2D eigenvalue weighted by Gasteiger charge is -2.22. The minimum absolute atomic E-state index is 0.135. The van der Waals surface area contributed by atoms with Crippen molar-refractivity contribution in [2.45, 2.75) is 39.6 Å². The topological polar surface area (TPSA) is 93.9 Å². The summed E-state index contributed by atoms with van der Waals surface area (Å²) in [6.45, 7) is 1.73. The Hall–Kier alpha value is -3.27. The summed E-state index contributed by atoms with van der Waals surface area (Å²) in [6, 6.07) is 9.64. The fourth-order valence-corrected chi connectivity index (χ4v) is 2.84. The fraction of sp³-hybridized carbons (Fsp3) is 0.381. The lowest BCUT2D eigenvalue weighted by atomic mass is 10.1. The number of nitro benzene ring substituents is 1. The van der Waals surface area contributed by atoms with Gasteiger partial charge in [0.15, 0.2) is 11.5 Å². The molecule has 1 N–H and O–H groups in total. The number of benzene rings is 2. The molecule has 0 saturated carbocycles. The van der Waals surface area contributed by atoms with Crippen LogP contribution < -0.4 is 14.8 Å². The first-order valence-corrected chi connectivity index (χ1v) is 9.50. The number of methoxy groups -OCH3 is 1. The maximum Gasteiger partial charge on any atom is 0.387 e. The number of hydrogen-bond acceptors (Lipinski definition) is 6. The van der Waals surface area contributed by atoms with Crippen molar-refractivity contribution in [3.8, 4) is 11.5 Å². The van der Waals surface area contributed by atoms with Crippen LogP contribution in [0.5, 0.6) is 11.5 Å². The van der Waals surface area contributed by atoms with Crippen molar-refractivity contribution < 1.29 is 28.0 Å². The van der Waals surface area contributed by atoms with Crippen LogP contribution in [-0.2, 0) is 13.1 Å². The Bertz CT molecular complexity index is 937. The molecule has 0 aliphatic rings. The summed E-state index contributed by atoms with van der Waals surface area (Å²) in [5, 5.41) is 14.1. The molecule has 0 atom stereocenters. The van der Waals surface area contributed by atoms with Crippen LogP contribution in [0.4, 0.5) is 14.5 Å². The van der Waals surface area contributed by atoms with E-state index in [4.69, 9.17) is 4.74 Å². The Balaban J connectivity index is 2.27. The number of amides is 1. The van der Waals surface area contributed by atoms with Gasteiger partial charge in [-0.25, -0.2) is 0 Å². The Kier molecular flexibility index (Phi) is 8.26. The van der Waals surface area contributed by atoms with Crippen LogP contribution in [0.1, 0.15) is 35.3 Å². The summed E-state index contributed by atoms with van der Waals surface area (Å²) in [7, 11) is 3.17. The molecule has 2 aromatic rings. The molecule has 0 saturated heterocycles. The third kappa shape index (κ3) is 6.35. The molecular formula is C21H25F2N3O5. The first kappa shape index (κ1) is 24.0. The van der Waals surface area contributed by atoms with Gasteiger partial charge >= 0.3 is 6.61 Å². The minimum Gasteiger partial charge on any atom is -0.493 e. The first-order chi connectivity index (χ1) is 14.6. The molecule has 1 amide bonds. The number of alkyl halides is 2. The molecule has 0 unspecified atom stereocenters. The number of rotatable bonds is 10. The van der Waals surface area contributed by atoms with Crippen LogP contribution in [0.3, 0.4) is 0 Å². The summed E-state index contributed by atoms with van der Waals surface area (Å²) < 4.78 is 34.4. The molecule has 2 rings (SSSR count). The molecule has 10 heteroatoms. The van der Waals surface area contributed by atoms with E-state index in [2.05, 4.69) is 28.8 Å². The minimum atomic E-state index is -3.20. The number of nitrogens with zero attached hydrogens (tertiary/aromatic N) is 2. The van der Waals surface area contributed by atoms with Crippen molar-refractivity contribution in [1.82, 2.24) is 10.2 Å². The zero-order valence-electron chi connectivity index (χ0n) is 17.7. The highest BCUT2D eigenvalue weighted by atomic mass is 19.3. The zero-order valence-corrected chi connectivity index (χ0v) is 17.7. The first-order valence-electron chi connectivity index (χ1n) is 9.50. The average molecular weight is 437 g/mol. The highest BCUT2D eigenvalue weighted by molar-refractivity contribution is 5.99. The number of hydrogen-bond donors (Lipinski definition) is 1. The number of ether oxygens (including phenoxy) is 2. The predicted octanol–water partition coefficient (Wildman–Crippen LogP) is 3.98. The number of carbonyl (C=O) groups excluding carboxylic acids is 1. The van der Waals surface area contributed by atoms with Gasteiger partial charge in [-0.2, -0.15) is 8.78 Å². The van der Waals surface area contributed by atoms with Gasteiger partial charge in [-0.1, -0.05) is 24.3 Å². The fourth-order valence-electron chi connectivity index (χ4n) is 2.84. The zero-order chi connectivity index (χ0) is 23.1. The van der Waals surface area contributed by atoms with Crippen molar-refractivity contribution >= 4 is 11.6 Å². The van der Waals surface area contributed by atoms with E-state index >= 15 is 0 Å². The second kappa shape index (κ2) is 10.7. The van der Waals surface area contributed by atoms with E-state index in [0.29, 0.717) is 12.6 Å². The normalized spacial score (nSPS) is 11.1. The van der Waals surface area contributed by atoms with E-state index in [1.807, 2.05) is 31.3 Å². The Morgan fingerprint density at radius 3 is 2.39 bits per heavy atom. The van der Waals surface area contributed by atoms with Crippen molar-refractivity contribution in [2.24, 2.45) is 0 Å². The summed E-state index contributed by atoms with van der Waals surface area (Å²) in [4.78, 5) is 25.4. The smallest absolute Gasteiger partial charge is 0.387 e. The van der Waals surface area contributed by atoms with E-state index in [1.54, 1.807) is 0 Å². The monoisotopic (exact) mass is 437 g/mol. The molecule has 2 aromatic carbocycles. The molecule has 31 heavy (non-hydrogen) atoms. The standard InChI is InChI=1S/C21H25F2N3O5/c1-13(2)25(3)12-15-8-6-5-7-14(15)11-24-20(27)16-9-18(30-4)19(31-21(22)23)10-17(16)26(28)29/h5-10,13,21H,11-12H2,1-4H3,(H,24,27). The van der Waals surface area contributed by atoms with Crippen LogP contribution in [0, 0.1) is 10.1 Å². The number of carbonyl (C=O) groups is 1. The molecule has 8 nitrogen and oxygen atoms in total. The number of nitro groups is 1. The molecule has 0 aliphatic carbocycles. The predicted molar refractivity (Wildman–Crippen MR) is 110 cm³/mol. The van der Waals surface area contributed by atoms with Gasteiger partial charge in [0.2, 0.25) is 0 Å². The van der Waals surface area contributed by atoms with Crippen LogP contribution in [0.15, 0.2) is 36.4 Å². The number of nitrogens with one attached hydrogen (secondary N) is 1. The van der Waals surface area contributed by atoms with E-state index in [1.165, 1.54) is 7.11 Å². The van der Waals surface area contributed by atoms with Crippen molar-refractivity contribution in [1.29, 1.82) is 0 Å². The van der Waals surface area contributed by atoms with Crippen molar-refractivity contribution in [3.05, 3.63) is 63.2 Å². The Morgan fingerprint density at radius 2 is 1.84 bits per heavy atom. The third-order valence-corrected chi connectivity index (χ3v) is 4.80. The molecule has 0 aliphatic heterocycles. The second-order valence-corrected chi connectivity index (χ2v) is 7.12. The van der Waals surface area contributed by atoms with Crippen molar-refractivity contribution in [2.75, 3.05) is 14.2 Å². The van der Waals surface area contributed by atoms with Gasteiger partial charge in [0.1, 0.15) is 5.56 Å². The van der Waals surface area contributed by atoms with Crippen LogP contribution >= 0.6 is 0 Å². The Morgan fingerprint density at radius 1 is 1.19 bits per heavy atom. The van der Waals surface area contributed by atoms with E-state index in [-0.39, 0.29) is 17.9 Å². The maximum absolute atomic E-state index is 12.7. The largest absolute Gasteiger partial charge is 0.493 e. The molecule has 0 heterocycles. The SMILES string of the molecule is COc1cc(C(=O)NCc2ccccc2CN(C)C(C)C)c([N+](=O)[O-])cc1OC(F)F. The lowest BCUT2D eigenvalue weighted by Crippen LogP contribution is -2.28. The number of halogens is 2. The van der Waals surface area contributed by atoms with E-state index in [9.17, 15) is 23.7 Å². The van der Waals surface area contributed by atoms with E-state index < -0.39 is 28.9 Å². The lowest BCUT2D eigenvalue weighted by molar-refractivity contribution is -0.385. The molecule has 0 aromatic heterocycles. The second-order valence-electron chi connectivity index (χ2n) is 7.12. The molecule has 0 bridgehead atoms. The molecule has 0 spiro atoms. The molecular weight excluding hydrogens is 412 g/mol. The highest BCUT2D eigenvalue weighted by Crippen LogP contribution is 2.35. The quantitative estimate of drug-likeness (QED) is 0.446. The summed E-state index contributed by atoms with van der Waals surface area (Å²) in [5.74, 6) is -1.47. The highest BCUT2D eigenvalue weighted by Gasteiger charge is 2.26. The van der Waals surface area contributed by atoms with Gasteiger partial charge in [0.25, 0.3) is 11.6 Å². The Labute approximate surface area is 178 Å². The van der Waals surface area contributed by atoms with Gasteiger partial charge in [-0.3, -0.25) is 19.8 Å². The molecule has 0 radical (unpaired) electrons. The van der Waals surface area contributed by atoms with Crippen LogP contribution in [0.2, 0.25) is 0 Å². The van der Waals surface area contributed by atoms with Gasteiger partial charge < -0.3 is 14.8 Å². The van der Waals surface area contributed by atoms with Crippen LogP contribution in [-0.4, -0.2) is 42.5 Å². The van der Waals surface area contributed by atoms with Gasteiger partial charge in [-0.05, 0) is 32.0 Å². The van der Waals surface area contributed by atoms with Gasteiger partial charge in [0.05, 0.1) is 18.1 Å². The van der Waals surface area contributed by atoms with Gasteiger partial charge in [0, 0.05) is 25.2 Å². The van der Waals surface area contributed by atoms with Crippen LogP contribution in [0.25, 0.3) is 0 Å². The third-order valence-electron chi connectivity index (χ3n) is 4.80. The average Bonchev–Trinajstić information content (AvgIpc) is 2.71. The summed E-state index contributed by atoms with van der Waals surface area (Å²) in [5.41, 5.74) is 0.879.